The number of aliphatic imine (C=N–C) groups is 1. The Morgan fingerprint density at radius 1 is 1.28 bits per heavy atom. The van der Waals surface area contributed by atoms with Gasteiger partial charge in [-0.2, -0.15) is 0 Å². The van der Waals surface area contributed by atoms with Gasteiger partial charge in [-0.15, -0.1) is 24.0 Å². The molecule has 0 aromatic heterocycles. The molecule has 2 fully saturated rings. The lowest BCUT2D eigenvalue weighted by atomic mass is 9.57. The monoisotopic (exact) mass is 457 g/mol. The highest BCUT2D eigenvalue weighted by atomic mass is 127. The Morgan fingerprint density at radius 3 is 2.60 bits per heavy atom. The summed E-state index contributed by atoms with van der Waals surface area (Å²) in [4.78, 5) is 4.44. The number of hydrogen-bond acceptors (Lipinski definition) is 2. The lowest BCUT2D eigenvalue weighted by Crippen LogP contribution is -2.68. The van der Waals surface area contributed by atoms with Crippen molar-refractivity contribution in [3.05, 3.63) is 35.9 Å². The van der Waals surface area contributed by atoms with E-state index in [1.165, 1.54) is 5.56 Å². The first-order valence-corrected chi connectivity index (χ1v) is 9.00. The summed E-state index contributed by atoms with van der Waals surface area (Å²) in [5.74, 6) is 1.50. The molecule has 1 aliphatic heterocycles. The molecule has 1 saturated heterocycles. The van der Waals surface area contributed by atoms with E-state index < -0.39 is 0 Å². The van der Waals surface area contributed by atoms with Gasteiger partial charge in [0.2, 0.25) is 0 Å². The van der Waals surface area contributed by atoms with Crippen molar-refractivity contribution in [1.29, 1.82) is 0 Å². The zero-order valence-electron chi connectivity index (χ0n) is 16.0. The normalized spacial score (nSPS) is 27.7. The Kier molecular flexibility index (Phi) is 6.41. The van der Waals surface area contributed by atoms with Crippen LogP contribution < -0.4 is 10.6 Å². The third kappa shape index (κ3) is 3.97. The van der Waals surface area contributed by atoms with Crippen LogP contribution in [0.15, 0.2) is 35.3 Å². The van der Waals surface area contributed by atoms with Crippen LogP contribution in [0.3, 0.4) is 0 Å². The quantitative estimate of drug-likeness (QED) is 0.413. The summed E-state index contributed by atoms with van der Waals surface area (Å²) < 4.78 is 5.88. The molecule has 3 rings (SSSR count). The van der Waals surface area contributed by atoms with Crippen molar-refractivity contribution in [2.45, 2.75) is 51.7 Å². The minimum Gasteiger partial charge on any atom is -0.377 e. The van der Waals surface area contributed by atoms with Crippen LogP contribution in [0.25, 0.3) is 0 Å². The van der Waals surface area contributed by atoms with Gasteiger partial charge in [0, 0.05) is 43.0 Å². The molecule has 0 amide bonds. The molecule has 0 bridgehead atoms. The number of halogens is 1. The molecule has 1 aromatic carbocycles. The molecular formula is C20H32IN3O. The van der Waals surface area contributed by atoms with Gasteiger partial charge in [0.05, 0.1) is 6.10 Å². The van der Waals surface area contributed by atoms with Crippen LogP contribution in [-0.4, -0.2) is 38.3 Å². The zero-order chi connectivity index (χ0) is 17.4. The lowest BCUT2D eigenvalue weighted by Gasteiger charge is -2.55. The molecule has 0 spiro atoms. The van der Waals surface area contributed by atoms with Crippen LogP contribution >= 0.6 is 24.0 Å². The van der Waals surface area contributed by atoms with Crippen molar-refractivity contribution >= 4 is 29.9 Å². The number of guanidine groups is 1. The summed E-state index contributed by atoms with van der Waals surface area (Å²) in [6.07, 6.45) is 1.55. The largest absolute Gasteiger partial charge is 0.377 e. The lowest BCUT2D eigenvalue weighted by molar-refractivity contribution is -0.106. The molecule has 140 valence electrons. The molecule has 1 saturated carbocycles. The minimum absolute atomic E-state index is 0. The van der Waals surface area contributed by atoms with Crippen molar-refractivity contribution in [1.82, 2.24) is 10.6 Å². The van der Waals surface area contributed by atoms with Crippen LogP contribution in [0.5, 0.6) is 0 Å². The van der Waals surface area contributed by atoms with Crippen molar-refractivity contribution in [2.24, 2.45) is 16.3 Å². The van der Waals surface area contributed by atoms with Crippen molar-refractivity contribution in [2.75, 3.05) is 20.2 Å². The van der Waals surface area contributed by atoms with E-state index in [1.54, 1.807) is 0 Å². The molecule has 3 unspecified atom stereocenters. The first kappa shape index (κ1) is 20.5. The molecular weight excluding hydrogens is 425 g/mol. The number of nitrogens with one attached hydrogen (secondary N) is 2. The Morgan fingerprint density at radius 2 is 1.96 bits per heavy atom. The van der Waals surface area contributed by atoms with Gasteiger partial charge in [0.25, 0.3) is 0 Å². The Balaban J connectivity index is 0.00000225. The van der Waals surface area contributed by atoms with E-state index in [2.05, 4.69) is 73.7 Å². The second kappa shape index (κ2) is 7.82. The molecule has 25 heavy (non-hydrogen) atoms. The van der Waals surface area contributed by atoms with Crippen molar-refractivity contribution in [3.63, 3.8) is 0 Å². The summed E-state index contributed by atoms with van der Waals surface area (Å²) in [7, 11) is 1.85. The molecule has 1 aliphatic carbocycles. The number of rotatable bonds is 4. The Bertz CT molecular complexity index is 600. The zero-order valence-corrected chi connectivity index (χ0v) is 18.3. The third-order valence-electron chi connectivity index (χ3n) is 5.87. The van der Waals surface area contributed by atoms with Crippen LogP contribution in [0.2, 0.25) is 0 Å². The molecule has 0 radical (unpaired) electrons. The summed E-state index contributed by atoms with van der Waals surface area (Å²) in [5.41, 5.74) is 1.54. The van der Waals surface area contributed by atoms with E-state index in [0.29, 0.717) is 18.1 Å². The van der Waals surface area contributed by atoms with Gasteiger partial charge in [-0.1, -0.05) is 58.0 Å². The molecule has 3 atom stereocenters. The molecule has 4 nitrogen and oxygen atoms in total. The highest BCUT2D eigenvalue weighted by Gasteiger charge is 2.59. The first-order chi connectivity index (χ1) is 11.4. The summed E-state index contributed by atoms with van der Waals surface area (Å²) in [6, 6.07) is 11.1. The number of hydrogen-bond donors (Lipinski definition) is 2. The Hall–Kier alpha value is -0.820. The van der Waals surface area contributed by atoms with E-state index in [-0.39, 0.29) is 34.8 Å². The third-order valence-corrected chi connectivity index (χ3v) is 5.87. The molecule has 5 heteroatoms. The number of ether oxygens (including phenoxy) is 1. The van der Waals surface area contributed by atoms with Gasteiger partial charge in [-0.25, -0.2) is 0 Å². The van der Waals surface area contributed by atoms with Crippen LogP contribution in [0.1, 0.15) is 39.7 Å². The van der Waals surface area contributed by atoms with Crippen LogP contribution in [0, 0.1) is 11.3 Å². The van der Waals surface area contributed by atoms with E-state index >= 15 is 0 Å². The van der Waals surface area contributed by atoms with Crippen LogP contribution in [0.4, 0.5) is 0 Å². The van der Waals surface area contributed by atoms with Gasteiger partial charge < -0.3 is 15.4 Å². The fourth-order valence-electron chi connectivity index (χ4n) is 4.26. The standard InChI is InChI=1S/C20H31N3O.HI/c1-19(2,14-9-7-6-8-10-14)13-22-18(21-5)23-16-15-11-12-24-17(15)20(16,3)4;/h6-10,15-17H,11-13H2,1-5H3,(H2,21,22,23);1H. The second-order valence-electron chi connectivity index (χ2n) is 8.36. The first-order valence-electron chi connectivity index (χ1n) is 9.00. The fraction of sp³-hybridized carbons (Fsp3) is 0.650. The number of benzene rings is 1. The van der Waals surface area contributed by atoms with E-state index in [4.69, 9.17) is 4.74 Å². The molecule has 2 aliphatic rings. The predicted octanol–water partition coefficient (Wildman–Crippen LogP) is 3.56. The maximum atomic E-state index is 5.88. The average Bonchev–Trinajstić information content (AvgIpc) is 3.03. The second-order valence-corrected chi connectivity index (χ2v) is 8.36. The van der Waals surface area contributed by atoms with Crippen molar-refractivity contribution in [3.8, 4) is 0 Å². The van der Waals surface area contributed by atoms with Gasteiger partial charge in [0.15, 0.2) is 5.96 Å². The Labute approximate surface area is 169 Å². The highest BCUT2D eigenvalue weighted by molar-refractivity contribution is 14.0. The maximum Gasteiger partial charge on any atom is 0.191 e. The van der Waals surface area contributed by atoms with E-state index in [0.717, 1.165) is 25.5 Å². The van der Waals surface area contributed by atoms with E-state index in [1.807, 2.05) is 7.05 Å². The average molecular weight is 457 g/mol. The van der Waals surface area contributed by atoms with Crippen molar-refractivity contribution < 1.29 is 4.74 Å². The topological polar surface area (TPSA) is 45.7 Å². The summed E-state index contributed by atoms with van der Waals surface area (Å²) in [6.45, 7) is 10.8. The van der Waals surface area contributed by atoms with Gasteiger partial charge >= 0.3 is 0 Å². The molecule has 1 heterocycles. The summed E-state index contributed by atoms with van der Waals surface area (Å²) >= 11 is 0. The van der Waals surface area contributed by atoms with Gasteiger partial charge in [-0.05, 0) is 12.0 Å². The van der Waals surface area contributed by atoms with Crippen LogP contribution in [-0.2, 0) is 10.2 Å². The SMILES string of the molecule is CN=C(NCC(C)(C)c1ccccc1)NC1C2CCOC2C1(C)C.I. The molecule has 1 aromatic rings. The summed E-state index contributed by atoms with van der Waals surface area (Å²) in [5, 5.41) is 7.17. The van der Waals surface area contributed by atoms with E-state index in [9.17, 15) is 0 Å². The highest BCUT2D eigenvalue weighted by Crippen LogP contribution is 2.52. The smallest absolute Gasteiger partial charge is 0.191 e. The molecule has 2 N–H and O–H groups in total. The van der Waals surface area contributed by atoms with Gasteiger partial charge in [-0.3, -0.25) is 4.99 Å². The maximum absolute atomic E-state index is 5.88. The number of nitrogens with zero attached hydrogens (tertiary/aromatic N) is 1. The number of fused-ring (bicyclic) bond motifs is 1. The minimum atomic E-state index is 0. The predicted molar refractivity (Wildman–Crippen MR) is 115 cm³/mol. The van der Waals surface area contributed by atoms with Gasteiger partial charge in [0.1, 0.15) is 0 Å². The fourth-order valence-corrected chi connectivity index (χ4v) is 4.26.